The molecule has 0 aliphatic carbocycles. The smallest absolute Gasteiger partial charge is 0.135 e. The molecule has 5 nitrogen and oxygen atoms in total. The van der Waals surface area contributed by atoms with E-state index in [0.717, 1.165) is 37.0 Å². The van der Waals surface area contributed by atoms with Crippen LogP contribution in [0.2, 0.25) is 0 Å². The Hall–Kier alpha value is -2.30. The Balaban J connectivity index is 2.08. The number of anilines is 4. The Morgan fingerprint density at radius 2 is 1.62 bits per heavy atom. The zero-order chi connectivity index (χ0) is 15.1. The van der Waals surface area contributed by atoms with Crippen LogP contribution in [0.3, 0.4) is 0 Å². The second-order valence-electron chi connectivity index (χ2n) is 4.66. The quantitative estimate of drug-likeness (QED) is 0.815. The topological polar surface area (TPSA) is 53.1 Å². The van der Waals surface area contributed by atoms with Crippen LogP contribution >= 0.6 is 0 Å². The summed E-state index contributed by atoms with van der Waals surface area (Å²) in [7, 11) is 0. The minimum Gasteiger partial charge on any atom is -0.372 e. The molecule has 0 radical (unpaired) electrons. The van der Waals surface area contributed by atoms with Gasteiger partial charge in [-0.25, -0.2) is 9.97 Å². The van der Waals surface area contributed by atoms with Crippen molar-refractivity contribution in [1.29, 1.82) is 0 Å². The molecule has 0 spiro atoms. The fourth-order valence-electron chi connectivity index (χ4n) is 2.20. The van der Waals surface area contributed by atoms with Crippen LogP contribution in [0.5, 0.6) is 0 Å². The molecule has 2 N–H and O–H groups in total. The van der Waals surface area contributed by atoms with E-state index in [-0.39, 0.29) is 0 Å². The van der Waals surface area contributed by atoms with Gasteiger partial charge in [0.2, 0.25) is 0 Å². The molecular formula is C16H23N5. The van der Waals surface area contributed by atoms with Crippen molar-refractivity contribution in [2.75, 3.05) is 35.2 Å². The Labute approximate surface area is 126 Å². The summed E-state index contributed by atoms with van der Waals surface area (Å²) < 4.78 is 0. The fraction of sp³-hybridized carbons (Fsp3) is 0.375. The third kappa shape index (κ3) is 4.08. The molecule has 0 saturated carbocycles. The molecule has 0 unspecified atom stereocenters. The first-order valence-electron chi connectivity index (χ1n) is 7.44. The van der Waals surface area contributed by atoms with Crippen LogP contribution in [0.4, 0.5) is 23.0 Å². The van der Waals surface area contributed by atoms with E-state index in [1.807, 2.05) is 13.0 Å². The standard InChI is InChI=1S/C16H23N5/c1-4-17-15-11-16(19-12-18-15)20-13-7-9-14(10-8-13)21(5-2)6-3/h7-12H,4-6H2,1-3H3,(H2,17,18,19,20). The van der Waals surface area contributed by atoms with Gasteiger partial charge in [-0.15, -0.1) is 0 Å². The Kier molecular flexibility index (Phi) is 5.37. The summed E-state index contributed by atoms with van der Waals surface area (Å²) in [5, 5.41) is 6.47. The SMILES string of the molecule is CCNc1cc(Nc2ccc(N(CC)CC)cc2)ncn1. The summed E-state index contributed by atoms with van der Waals surface area (Å²) in [6.45, 7) is 9.25. The predicted molar refractivity (Wildman–Crippen MR) is 89.5 cm³/mol. The van der Waals surface area contributed by atoms with Crippen molar-refractivity contribution in [1.82, 2.24) is 9.97 Å². The molecule has 0 atom stereocenters. The molecule has 2 aromatic rings. The second kappa shape index (κ2) is 7.47. The number of benzene rings is 1. The van der Waals surface area contributed by atoms with Crippen molar-refractivity contribution < 1.29 is 0 Å². The van der Waals surface area contributed by atoms with Crippen LogP contribution in [0.15, 0.2) is 36.7 Å². The monoisotopic (exact) mass is 285 g/mol. The van der Waals surface area contributed by atoms with Crippen molar-refractivity contribution in [2.24, 2.45) is 0 Å². The first kappa shape index (κ1) is 15.1. The summed E-state index contributed by atoms with van der Waals surface area (Å²) in [6.07, 6.45) is 1.56. The van der Waals surface area contributed by atoms with Gasteiger partial charge in [-0.3, -0.25) is 0 Å². The van der Waals surface area contributed by atoms with E-state index in [4.69, 9.17) is 0 Å². The highest BCUT2D eigenvalue weighted by Gasteiger charge is 2.02. The average Bonchev–Trinajstić information content (AvgIpc) is 2.51. The predicted octanol–water partition coefficient (Wildman–Crippen LogP) is 3.50. The molecule has 1 aromatic carbocycles. The molecular weight excluding hydrogens is 262 g/mol. The number of rotatable bonds is 7. The van der Waals surface area contributed by atoms with Crippen LogP contribution in [0, 0.1) is 0 Å². The second-order valence-corrected chi connectivity index (χ2v) is 4.66. The van der Waals surface area contributed by atoms with Crippen molar-refractivity contribution in [3.63, 3.8) is 0 Å². The molecule has 1 aromatic heterocycles. The lowest BCUT2D eigenvalue weighted by Gasteiger charge is -2.21. The minimum atomic E-state index is 0.788. The van der Waals surface area contributed by atoms with Crippen LogP contribution in [-0.2, 0) is 0 Å². The maximum absolute atomic E-state index is 4.23. The molecule has 0 aliphatic rings. The van der Waals surface area contributed by atoms with Crippen LogP contribution in [-0.4, -0.2) is 29.6 Å². The van der Waals surface area contributed by atoms with Crippen molar-refractivity contribution >= 4 is 23.0 Å². The lowest BCUT2D eigenvalue weighted by molar-refractivity contribution is 0.866. The van der Waals surface area contributed by atoms with Gasteiger partial charge in [-0.1, -0.05) is 0 Å². The maximum atomic E-state index is 4.23. The summed E-state index contributed by atoms with van der Waals surface area (Å²) >= 11 is 0. The molecule has 0 fully saturated rings. The van der Waals surface area contributed by atoms with E-state index in [0.29, 0.717) is 0 Å². The molecule has 112 valence electrons. The lowest BCUT2D eigenvalue weighted by Crippen LogP contribution is -2.21. The Morgan fingerprint density at radius 1 is 0.952 bits per heavy atom. The minimum absolute atomic E-state index is 0.788. The van der Waals surface area contributed by atoms with Gasteiger partial charge < -0.3 is 15.5 Å². The summed E-state index contributed by atoms with van der Waals surface area (Å²) in [5.41, 5.74) is 2.26. The van der Waals surface area contributed by atoms with Crippen molar-refractivity contribution in [3.05, 3.63) is 36.7 Å². The third-order valence-corrected chi connectivity index (χ3v) is 3.29. The Morgan fingerprint density at radius 3 is 2.24 bits per heavy atom. The number of aromatic nitrogens is 2. The molecule has 2 rings (SSSR count). The average molecular weight is 285 g/mol. The summed E-state index contributed by atoms with van der Waals surface area (Å²) in [4.78, 5) is 10.7. The van der Waals surface area contributed by atoms with Crippen LogP contribution < -0.4 is 15.5 Å². The van der Waals surface area contributed by atoms with E-state index in [2.05, 4.69) is 63.6 Å². The molecule has 21 heavy (non-hydrogen) atoms. The lowest BCUT2D eigenvalue weighted by atomic mass is 10.2. The third-order valence-electron chi connectivity index (χ3n) is 3.29. The number of nitrogens with zero attached hydrogens (tertiary/aromatic N) is 3. The van der Waals surface area contributed by atoms with Gasteiger partial charge in [0, 0.05) is 37.1 Å². The van der Waals surface area contributed by atoms with Gasteiger partial charge in [-0.2, -0.15) is 0 Å². The largest absolute Gasteiger partial charge is 0.372 e. The Bertz CT molecular complexity index is 549. The van der Waals surface area contributed by atoms with E-state index >= 15 is 0 Å². The maximum Gasteiger partial charge on any atom is 0.135 e. The highest BCUT2D eigenvalue weighted by molar-refractivity contribution is 5.62. The first-order valence-corrected chi connectivity index (χ1v) is 7.44. The van der Waals surface area contributed by atoms with Gasteiger partial charge in [0.05, 0.1) is 0 Å². The number of hydrogen-bond acceptors (Lipinski definition) is 5. The van der Waals surface area contributed by atoms with Gasteiger partial charge in [-0.05, 0) is 45.0 Å². The number of hydrogen-bond donors (Lipinski definition) is 2. The molecule has 0 aliphatic heterocycles. The van der Waals surface area contributed by atoms with Crippen molar-refractivity contribution in [2.45, 2.75) is 20.8 Å². The molecule has 1 heterocycles. The van der Waals surface area contributed by atoms with Crippen molar-refractivity contribution in [3.8, 4) is 0 Å². The number of nitrogens with one attached hydrogen (secondary N) is 2. The fourth-order valence-corrected chi connectivity index (χ4v) is 2.20. The molecule has 5 heteroatoms. The van der Waals surface area contributed by atoms with Gasteiger partial charge in [0.15, 0.2) is 0 Å². The van der Waals surface area contributed by atoms with E-state index in [1.165, 1.54) is 5.69 Å². The summed E-state index contributed by atoms with van der Waals surface area (Å²) in [5.74, 6) is 1.62. The highest BCUT2D eigenvalue weighted by Crippen LogP contribution is 2.20. The summed E-state index contributed by atoms with van der Waals surface area (Å²) in [6, 6.07) is 10.3. The van der Waals surface area contributed by atoms with E-state index in [1.54, 1.807) is 6.33 Å². The molecule has 0 saturated heterocycles. The van der Waals surface area contributed by atoms with Crippen LogP contribution in [0.25, 0.3) is 0 Å². The molecule has 0 amide bonds. The van der Waals surface area contributed by atoms with Gasteiger partial charge in [0.1, 0.15) is 18.0 Å². The van der Waals surface area contributed by atoms with E-state index in [9.17, 15) is 0 Å². The van der Waals surface area contributed by atoms with Gasteiger partial charge >= 0.3 is 0 Å². The van der Waals surface area contributed by atoms with Crippen LogP contribution in [0.1, 0.15) is 20.8 Å². The van der Waals surface area contributed by atoms with Gasteiger partial charge in [0.25, 0.3) is 0 Å². The highest BCUT2D eigenvalue weighted by atomic mass is 15.1. The zero-order valence-electron chi connectivity index (χ0n) is 12.9. The first-order chi connectivity index (χ1) is 10.3. The normalized spacial score (nSPS) is 10.2. The molecule has 0 bridgehead atoms. The van der Waals surface area contributed by atoms with E-state index < -0.39 is 0 Å². The zero-order valence-corrected chi connectivity index (χ0v) is 12.9.